The minimum absolute atomic E-state index is 0.224. The molecule has 0 aliphatic carbocycles. The van der Waals surface area contributed by atoms with Crippen molar-refractivity contribution in [3.8, 4) is 11.5 Å². The van der Waals surface area contributed by atoms with Crippen molar-refractivity contribution in [3.63, 3.8) is 0 Å². The minimum atomic E-state index is -0.301. The van der Waals surface area contributed by atoms with Crippen LogP contribution >= 0.6 is 0 Å². The van der Waals surface area contributed by atoms with Crippen LogP contribution in [0.2, 0.25) is 0 Å². The van der Waals surface area contributed by atoms with Gasteiger partial charge in [0.1, 0.15) is 12.2 Å². The first-order valence-corrected chi connectivity index (χ1v) is 8.74. The molecule has 0 radical (unpaired) electrons. The van der Waals surface area contributed by atoms with Gasteiger partial charge in [0.15, 0.2) is 5.82 Å². The first-order chi connectivity index (χ1) is 12.9. The van der Waals surface area contributed by atoms with Gasteiger partial charge in [-0.25, -0.2) is 9.78 Å². The van der Waals surface area contributed by atoms with E-state index in [1.54, 1.807) is 23.7 Å². The number of nitrogens with zero attached hydrogens (tertiary/aromatic N) is 5. The number of hydrogen-bond acceptors (Lipinski definition) is 6. The lowest BCUT2D eigenvalue weighted by molar-refractivity contribution is 0.245. The minimum Gasteiger partial charge on any atom is -0.334 e. The third-order valence-electron chi connectivity index (χ3n) is 3.99. The number of anilines is 1. The molecule has 142 valence electrons. The molecular weight excluding hydrogens is 346 g/mol. The molecule has 27 heavy (non-hydrogen) atoms. The first kappa shape index (κ1) is 18.6. The van der Waals surface area contributed by atoms with E-state index in [9.17, 15) is 4.79 Å². The highest BCUT2D eigenvalue weighted by atomic mass is 16.5. The van der Waals surface area contributed by atoms with E-state index in [4.69, 9.17) is 4.52 Å². The fourth-order valence-corrected chi connectivity index (χ4v) is 2.76. The molecule has 1 aromatic carbocycles. The van der Waals surface area contributed by atoms with Crippen LogP contribution in [0.4, 0.5) is 10.5 Å². The highest BCUT2D eigenvalue weighted by molar-refractivity contribution is 5.89. The summed E-state index contributed by atoms with van der Waals surface area (Å²) in [6, 6.07) is 6.68. The summed E-state index contributed by atoms with van der Waals surface area (Å²) in [7, 11) is 1.81. The summed E-state index contributed by atoms with van der Waals surface area (Å²) in [5.74, 6) is 2.14. The van der Waals surface area contributed by atoms with Gasteiger partial charge in [0.05, 0.1) is 6.04 Å². The molecular formula is C18H23N7O2. The highest BCUT2D eigenvalue weighted by Gasteiger charge is 2.20. The van der Waals surface area contributed by atoms with E-state index < -0.39 is 0 Å². The molecule has 0 aliphatic heterocycles. The third-order valence-corrected chi connectivity index (χ3v) is 3.99. The summed E-state index contributed by atoms with van der Waals surface area (Å²) in [5, 5.41) is 13.7. The number of urea groups is 1. The summed E-state index contributed by atoms with van der Waals surface area (Å²) in [4.78, 5) is 20.9. The Kier molecular flexibility index (Phi) is 5.49. The number of carbonyl (C=O) groups excluding carboxylic acids is 1. The Morgan fingerprint density at radius 2 is 2.00 bits per heavy atom. The Hall–Kier alpha value is -3.23. The average molecular weight is 369 g/mol. The van der Waals surface area contributed by atoms with Crippen molar-refractivity contribution in [3.05, 3.63) is 42.2 Å². The first-order valence-electron chi connectivity index (χ1n) is 8.74. The van der Waals surface area contributed by atoms with Gasteiger partial charge in [0.2, 0.25) is 0 Å². The van der Waals surface area contributed by atoms with Crippen molar-refractivity contribution in [2.45, 2.75) is 33.2 Å². The molecule has 3 rings (SSSR count). The quantitative estimate of drug-likeness (QED) is 0.691. The van der Waals surface area contributed by atoms with Crippen LogP contribution in [0.25, 0.3) is 11.5 Å². The summed E-state index contributed by atoms with van der Waals surface area (Å²) in [6.07, 6.45) is 2.25. The molecule has 0 fully saturated rings. The molecule has 2 heterocycles. The Morgan fingerprint density at radius 3 is 2.56 bits per heavy atom. The molecule has 9 heteroatoms. The summed E-state index contributed by atoms with van der Waals surface area (Å²) < 4.78 is 6.81. The number of aromatic nitrogens is 5. The summed E-state index contributed by atoms with van der Waals surface area (Å²) in [6.45, 7) is 5.96. The predicted octanol–water partition coefficient (Wildman–Crippen LogP) is 3.08. The number of hydrogen-bond donors (Lipinski definition) is 2. The van der Waals surface area contributed by atoms with E-state index >= 15 is 0 Å². The number of carbonyl (C=O) groups is 1. The van der Waals surface area contributed by atoms with E-state index in [1.165, 1.54) is 6.33 Å². The fraction of sp³-hybridized carbons (Fsp3) is 0.389. The van der Waals surface area contributed by atoms with Crippen molar-refractivity contribution in [2.24, 2.45) is 13.0 Å². The van der Waals surface area contributed by atoms with Crippen LogP contribution < -0.4 is 10.6 Å². The van der Waals surface area contributed by atoms with Gasteiger partial charge in [-0.05, 0) is 43.5 Å². The maximum atomic E-state index is 12.4. The fourth-order valence-electron chi connectivity index (χ4n) is 2.76. The van der Waals surface area contributed by atoms with Gasteiger partial charge in [-0.3, -0.25) is 4.68 Å². The van der Waals surface area contributed by atoms with E-state index in [0.717, 1.165) is 17.8 Å². The Morgan fingerprint density at radius 1 is 1.26 bits per heavy atom. The standard InChI is InChI=1S/C18H23N7O2/c1-11(2)9-15(16-19-10-20-25(16)4)23-18(26)22-14-7-5-13(6-8-14)17-21-12(3)24-27-17/h5-8,10-11,15H,9H2,1-4H3,(H2,22,23,26)/t15-/m1/s1. The molecule has 0 saturated heterocycles. The molecule has 3 aromatic rings. The van der Waals surface area contributed by atoms with Crippen molar-refractivity contribution in [1.29, 1.82) is 0 Å². The summed E-state index contributed by atoms with van der Waals surface area (Å²) >= 11 is 0. The number of amides is 2. The van der Waals surface area contributed by atoms with Crippen LogP contribution in [0.5, 0.6) is 0 Å². The highest BCUT2D eigenvalue weighted by Crippen LogP contribution is 2.21. The number of nitrogens with one attached hydrogen (secondary N) is 2. The van der Waals surface area contributed by atoms with Crippen LogP contribution in [0.3, 0.4) is 0 Å². The van der Waals surface area contributed by atoms with Crippen LogP contribution in [0.1, 0.15) is 38.0 Å². The Bertz CT molecular complexity index is 899. The van der Waals surface area contributed by atoms with Crippen LogP contribution in [0.15, 0.2) is 35.1 Å². The predicted molar refractivity (Wildman–Crippen MR) is 99.8 cm³/mol. The van der Waals surface area contributed by atoms with Gasteiger partial charge < -0.3 is 15.2 Å². The second-order valence-corrected chi connectivity index (χ2v) is 6.75. The molecule has 2 aromatic heterocycles. The lowest BCUT2D eigenvalue weighted by atomic mass is 10.0. The van der Waals surface area contributed by atoms with Crippen molar-refractivity contribution >= 4 is 11.7 Å². The van der Waals surface area contributed by atoms with E-state index in [1.807, 2.05) is 19.2 Å². The second kappa shape index (κ2) is 7.98. The summed E-state index contributed by atoms with van der Waals surface area (Å²) in [5.41, 5.74) is 1.45. The molecule has 2 N–H and O–H groups in total. The van der Waals surface area contributed by atoms with Gasteiger partial charge in [0.25, 0.3) is 5.89 Å². The molecule has 0 aliphatic rings. The van der Waals surface area contributed by atoms with Gasteiger partial charge >= 0.3 is 6.03 Å². The third kappa shape index (κ3) is 4.69. The number of benzene rings is 1. The maximum Gasteiger partial charge on any atom is 0.319 e. The smallest absolute Gasteiger partial charge is 0.319 e. The Balaban J connectivity index is 1.66. The lowest BCUT2D eigenvalue weighted by Crippen LogP contribution is -2.34. The van der Waals surface area contributed by atoms with E-state index in [0.29, 0.717) is 23.3 Å². The number of aryl methyl sites for hydroxylation is 2. The second-order valence-electron chi connectivity index (χ2n) is 6.75. The monoisotopic (exact) mass is 369 g/mol. The molecule has 0 bridgehead atoms. The van der Waals surface area contributed by atoms with Gasteiger partial charge in [0, 0.05) is 18.3 Å². The zero-order valence-electron chi connectivity index (χ0n) is 15.8. The molecule has 2 amide bonds. The van der Waals surface area contributed by atoms with E-state index in [2.05, 4.69) is 44.7 Å². The zero-order valence-corrected chi connectivity index (χ0v) is 15.8. The lowest BCUT2D eigenvalue weighted by Gasteiger charge is -2.20. The normalized spacial score (nSPS) is 12.2. The molecule has 0 saturated carbocycles. The van der Waals surface area contributed by atoms with Crippen molar-refractivity contribution < 1.29 is 9.32 Å². The van der Waals surface area contributed by atoms with Crippen LogP contribution in [0, 0.1) is 12.8 Å². The van der Waals surface area contributed by atoms with Crippen molar-refractivity contribution in [1.82, 2.24) is 30.2 Å². The Labute approximate surface area is 157 Å². The van der Waals surface area contributed by atoms with Crippen molar-refractivity contribution in [2.75, 3.05) is 5.32 Å². The van der Waals surface area contributed by atoms with Crippen LogP contribution in [-0.2, 0) is 7.05 Å². The van der Waals surface area contributed by atoms with Gasteiger partial charge in [-0.15, -0.1) is 0 Å². The van der Waals surface area contributed by atoms with Gasteiger partial charge in [-0.1, -0.05) is 19.0 Å². The zero-order chi connectivity index (χ0) is 19.4. The van der Waals surface area contributed by atoms with Crippen LogP contribution in [-0.4, -0.2) is 30.9 Å². The van der Waals surface area contributed by atoms with E-state index in [-0.39, 0.29) is 12.1 Å². The topological polar surface area (TPSA) is 111 Å². The molecule has 0 spiro atoms. The SMILES string of the molecule is Cc1noc(-c2ccc(NC(=O)N[C@H](CC(C)C)c3ncnn3C)cc2)n1. The molecule has 9 nitrogen and oxygen atoms in total. The maximum absolute atomic E-state index is 12.4. The largest absolute Gasteiger partial charge is 0.334 e. The molecule has 1 atom stereocenters. The molecule has 0 unspecified atom stereocenters. The number of rotatable bonds is 6. The van der Waals surface area contributed by atoms with Gasteiger partial charge in [-0.2, -0.15) is 10.1 Å². The average Bonchev–Trinajstić information content (AvgIpc) is 3.23.